The molecule has 1 aromatic heterocycles. The number of Topliss-reactive ketones (excluding diaryl/α,β-unsaturated/α-hetero) is 1. The van der Waals surface area contributed by atoms with Gasteiger partial charge in [-0.2, -0.15) is 0 Å². The fraction of sp³-hybridized carbons (Fsp3) is 0.167. The van der Waals surface area contributed by atoms with Gasteiger partial charge in [0.1, 0.15) is 11.4 Å². The molecule has 132 valence electrons. The van der Waals surface area contributed by atoms with Gasteiger partial charge in [-0.1, -0.05) is 24.3 Å². The highest BCUT2D eigenvalue weighted by Crippen LogP contribution is 2.28. The minimum absolute atomic E-state index is 0.0313. The Morgan fingerprint density at radius 2 is 2.00 bits per heavy atom. The smallest absolute Gasteiger partial charge is 0.268 e. The fourth-order valence-electron chi connectivity index (χ4n) is 2.26. The number of aromatic nitrogens is 1. The van der Waals surface area contributed by atoms with Crippen LogP contribution in [-0.2, 0) is 10.0 Å². The number of nitrogens with two attached hydrogens (primary N) is 1. The zero-order valence-corrected chi connectivity index (χ0v) is 14.9. The number of carbonyl (C=O) groups is 1. The van der Waals surface area contributed by atoms with Gasteiger partial charge in [-0.05, 0) is 44.2 Å². The lowest BCUT2D eigenvalue weighted by Gasteiger charge is -2.11. The van der Waals surface area contributed by atoms with E-state index < -0.39 is 15.8 Å². The molecule has 0 spiro atoms. The van der Waals surface area contributed by atoms with E-state index in [-0.39, 0.29) is 28.4 Å². The van der Waals surface area contributed by atoms with E-state index in [1.807, 2.05) is 19.9 Å². The van der Waals surface area contributed by atoms with Gasteiger partial charge in [-0.25, -0.2) is 12.4 Å². The number of nitrogens with zero attached hydrogens (tertiary/aromatic N) is 1. The van der Waals surface area contributed by atoms with Crippen molar-refractivity contribution in [3.8, 4) is 5.75 Å². The molecule has 3 N–H and O–H groups in total. The maximum atomic E-state index is 13.0. The predicted molar refractivity (Wildman–Crippen MR) is 99.0 cm³/mol. The molecule has 7 heteroatoms. The van der Waals surface area contributed by atoms with Crippen molar-refractivity contribution in [2.75, 3.05) is 6.54 Å². The molecule has 0 atom stereocenters. The number of phenols is 1. The molecule has 0 aliphatic carbocycles. The Morgan fingerprint density at radius 1 is 1.32 bits per heavy atom. The maximum absolute atomic E-state index is 13.0. The van der Waals surface area contributed by atoms with Crippen molar-refractivity contribution < 1.29 is 18.3 Å². The van der Waals surface area contributed by atoms with Crippen molar-refractivity contribution in [1.82, 2.24) is 3.97 Å². The minimum atomic E-state index is -4.07. The van der Waals surface area contributed by atoms with Crippen molar-refractivity contribution in [2.24, 2.45) is 5.73 Å². The summed E-state index contributed by atoms with van der Waals surface area (Å²) in [6.45, 7) is 6.95. The molecule has 0 saturated heterocycles. The first-order valence-corrected chi connectivity index (χ1v) is 8.99. The summed E-state index contributed by atoms with van der Waals surface area (Å²) in [5.74, 6) is -0.558. The predicted octanol–water partition coefficient (Wildman–Crippen LogP) is 2.70. The van der Waals surface area contributed by atoms with Gasteiger partial charge in [0.25, 0.3) is 10.0 Å². The van der Waals surface area contributed by atoms with Crippen LogP contribution in [0.1, 0.15) is 24.3 Å². The van der Waals surface area contributed by atoms with E-state index in [0.29, 0.717) is 5.39 Å². The van der Waals surface area contributed by atoms with E-state index in [1.54, 1.807) is 6.08 Å². The summed E-state index contributed by atoms with van der Waals surface area (Å²) in [5, 5.41) is 10.0. The Morgan fingerprint density at radius 3 is 2.60 bits per heavy atom. The molecule has 0 radical (unpaired) electrons. The second-order valence-electron chi connectivity index (χ2n) is 5.50. The van der Waals surface area contributed by atoms with Gasteiger partial charge in [0.15, 0.2) is 5.78 Å². The van der Waals surface area contributed by atoms with Crippen LogP contribution in [0.25, 0.3) is 10.9 Å². The van der Waals surface area contributed by atoms with Gasteiger partial charge in [0, 0.05) is 5.39 Å². The Hall–Kier alpha value is -2.64. The van der Waals surface area contributed by atoms with Gasteiger partial charge in [0.05, 0.1) is 17.0 Å². The molecule has 0 unspecified atom stereocenters. The second-order valence-corrected chi connectivity index (χ2v) is 7.34. The molecule has 25 heavy (non-hydrogen) atoms. The van der Waals surface area contributed by atoms with Gasteiger partial charge >= 0.3 is 0 Å². The number of ketones is 1. The number of carbonyl (C=O) groups excluding carboxylic acids is 1. The minimum Gasteiger partial charge on any atom is -0.508 e. The van der Waals surface area contributed by atoms with Gasteiger partial charge < -0.3 is 10.8 Å². The van der Waals surface area contributed by atoms with Crippen molar-refractivity contribution in [1.29, 1.82) is 0 Å². The number of aromatic hydroxyl groups is 1. The summed E-state index contributed by atoms with van der Waals surface area (Å²) in [4.78, 5) is 12.0. The molecule has 0 aliphatic rings. The fourth-order valence-corrected chi connectivity index (χ4v) is 3.57. The zero-order chi connectivity index (χ0) is 18.8. The van der Waals surface area contributed by atoms with Crippen LogP contribution in [-0.4, -0.2) is 29.8 Å². The summed E-state index contributed by atoms with van der Waals surface area (Å²) in [6.07, 6.45) is 4.84. The van der Waals surface area contributed by atoms with Crippen LogP contribution < -0.4 is 5.73 Å². The quantitative estimate of drug-likeness (QED) is 0.609. The topological polar surface area (TPSA) is 102 Å². The lowest BCUT2D eigenvalue weighted by atomic mass is 10.2. The third kappa shape index (κ3) is 3.57. The van der Waals surface area contributed by atoms with Crippen LogP contribution in [0.5, 0.6) is 5.75 Å². The van der Waals surface area contributed by atoms with Crippen LogP contribution in [0.2, 0.25) is 0 Å². The Kier molecular flexibility index (Phi) is 5.30. The van der Waals surface area contributed by atoms with Crippen LogP contribution in [0.4, 0.5) is 0 Å². The molecule has 0 amide bonds. The number of allylic oxidation sites excluding steroid dienone is 4. The first-order chi connectivity index (χ1) is 11.7. The zero-order valence-electron chi connectivity index (χ0n) is 14.1. The molecule has 6 nitrogen and oxygen atoms in total. The van der Waals surface area contributed by atoms with Crippen LogP contribution in [0.15, 0.2) is 59.6 Å². The average Bonchev–Trinajstić information content (AvgIpc) is 2.97. The standard InChI is InChI=1S/C18H20N2O4S/c1-4-12(2)5-6-13(3)25(23,24)20-16-8-7-15(21)9-14(16)10-17(20)18(22)11-19/h4-10,21H,3,11,19H2,1-2H3/b6-5-,12-4-. The molecule has 0 aliphatic heterocycles. The SMILES string of the molecule is C=C(/C=C\C(C)=C/C)S(=O)(=O)n1c(C(=O)CN)cc2cc(O)ccc21. The lowest BCUT2D eigenvalue weighted by molar-refractivity contribution is 0.0996. The number of hydrogen-bond acceptors (Lipinski definition) is 5. The highest BCUT2D eigenvalue weighted by atomic mass is 32.2. The van der Waals surface area contributed by atoms with Crippen LogP contribution in [0.3, 0.4) is 0 Å². The molecular weight excluding hydrogens is 340 g/mol. The number of phenolic OH excluding ortho intramolecular Hbond substituents is 1. The van der Waals surface area contributed by atoms with Crippen molar-refractivity contribution in [3.63, 3.8) is 0 Å². The van der Waals surface area contributed by atoms with E-state index in [4.69, 9.17) is 5.73 Å². The number of fused-ring (bicyclic) bond motifs is 1. The third-order valence-corrected chi connectivity index (χ3v) is 5.44. The normalized spacial score (nSPS) is 12.8. The van der Waals surface area contributed by atoms with Gasteiger partial charge in [0.2, 0.25) is 0 Å². The largest absolute Gasteiger partial charge is 0.508 e. The van der Waals surface area contributed by atoms with Crippen molar-refractivity contribution >= 4 is 26.7 Å². The number of benzene rings is 1. The molecule has 2 rings (SSSR count). The monoisotopic (exact) mass is 360 g/mol. The van der Waals surface area contributed by atoms with E-state index >= 15 is 0 Å². The Balaban J connectivity index is 2.71. The summed E-state index contributed by atoms with van der Waals surface area (Å²) in [5.41, 5.74) is 6.48. The lowest BCUT2D eigenvalue weighted by Crippen LogP contribution is -2.22. The molecule has 0 saturated carbocycles. The third-order valence-electron chi connectivity index (χ3n) is 3.77. The maximum Gasteiger partial charge on any atom is 0.268 e. The van der Waals surface area contributed by atoms with Gasteiger partial charge in [-0.15, -0.1) is 0 Å². The van der Waals surface area contributed by atoms with Crippen LogP contribution >= 0.6 is 0 Å². The summed E-state index contributed by atoms with van der Waals surface area (Å²) in [7, 11) is -4.07. The van der Waals surface area contributed by atoms with E-state index in [9.17, 15) is 18.3 Å². The van der Waals surface area contributed by atoms with E-state index in [0.717, 1.165) is 9.55 Å². The van der Waals surface area contributed by atoms with Crippen molar-refractivity contribution in [3.05, 3.63) is 65.2 Å². The average molecular weight is 360 g/mol. The van der Waals surface area contributed by atoms with E-state index in [1.165, 1.54) is 30.3 Å². The molecule has 1 aromatic carbocycles. The molecule has 0 fully saturated rings. The molecular formula is C18H20N2O4S. The highest BCUT2D eigenvalue weighted by Gasteiger charge is 2.25. The molecule has 0 bridgehead atoms. The summed E-state index contributed by atoms with van der Waals surface area (Å²) in [6, 6.07) is 5.57. The first-order valence-electron chi connectivity index (χ1n) is 7.55. The second kappa shape index (κ2) is 7.08. The van der Waals surface area contributed by atoms with Crippen molar-refractivity contribution in [2.45, 2.75) is 13.8 Å². The highest BCUT2D eigenvalue weighted by molar-refractivity contribution is 7.94. The molecule has 1 heterocycles. The summed E-state index contributed by atoms with van der Waals surface area (Å²) >= 11 is 0. The Bertz CT molecular complexity index is 1010. The van der Waals surface area contributed by atoms with Gasteiger partial charge in [-0.3, -0.25) is 4.79 Å². The van der Waals surface area contributed by atoms with Crippen LogP contribution in [0, 0.1) is 0 Å². The first kappa shape index (κ1) is 18.7. The number of rotatable bonds is 6. The van der Waals surface area contributed by atoms with E-state index in [2.05, 4.69) is 6.58 Å². The molecule has 2 aromatic rings. The Labute approximate surface area is 146 Å². The number of hydrogen-bond donors (Lipinski definition) is 2. The summed E-state index contributed by atoms with van der Waals surface area (Å²) < 4.78 is 26.9.